The molecular formula is C20H23BrN4O. The average molecular weight is 415 g/mol. The fourth-order valence-electron chi connectivity index (χ4n) is 3.09. The second kappa shape index (κ2) is 7.19. The summed E-state index contributed by atoms with van der Waals surface area (Å²) in [5, 5.41) is 8.63. The van der Waals surface area contributed by atoms with Crippen LogP contribution in [0.3, 0.4) is 0 Å². The average Bonchev–Trinajstić information content (AvgIpc) is 2.95. The van der Waals surface area contributed by atoms with E-state index in [0.717, 1.165) is 27.7 Å². The number of hydrogen-bond donors (Lipinski definition) is 1. The minimum atomic E-state index is -0.234. The monoisotopic (exact) mass is 414 g/mol. The molecule has 26 heavy (non-hydrogen) atoms. The van der Waals surface area contributed by atoms with E-state index in [1.807, 2.05) is 26.0 Å². The van der Waals surface area contributed by atoms with Gasteiger partial charge < -0.3 is 5.32 Å². The molecule has 0 aliphatic rings. The van der Waals surface area contributed by atoms with Crippen molar-refractivity contribution in [1.82, 2.24) is 14.8 Å². The van der Waals surface area contributed by atoms with Crippen molar-refractivity contribution in [3.63, 3.8) is 0 Å². The molecule has 6 heteroatoms. The van der Waals surface area contributed by atoms with Crippen molar-refractivity contribution in [2.45, 2.75) is 45.9 Å². The van der Waals surface area contributed by atoms with Crippen molar-refractivity contribution in [2.24, 2.45) is 0 Å². The number of pyridine rings is 1. The lowest BCUT2D eigenvalue weighted by Crippen LogP contribution is -2.23. The van der Waals surface area contributed by atoms with Gasteiger partial charge in [0.15, 0.2) is 5.82 Å². The Labute approximate surface area is 161 Å². The number of fused-ring (bicyclic) bond motifs is 1. The molecule has 3 aromatic rings. The van der Waals surface area contributed by atoms with E-state index in [1.165, 1.54) is 5.56 Å². The summed E-state index contributed by atoms with van der Waals surface area (Å²) in [7, 11) is 0. The minimum absolute atomic E-state index is 0.0852. The molecule has 0 radical (unpaired) electrons. The van der Waals surface area contributed by atoms with Crippen LogP contribution >= 0.6 is 15.9 Å². The Balaban J connectivity index is 2.11. The lowest BCUT2D eigenvalue weighted by molar-refractivity contribution is -0.115. The highest BCUT2D eigenvalue weighted by molar-refractivity contribution is 9.10. The van der Waals surface area contributed by atoms with Crippen LogP contribution in [0.1, 0.15) is 35.7 Å². The van der Waals surface area contributed by atoms with Gasteiger partial charge in [-0.1, -0.05) is 34.5 Å². The molecule has 0 bridgehead atoms. The summed E-state index contributed by atoms with van der Waals surface area (Å²) in [6.07, 6.45) is 0.713. The number of aryl methyl sites for hydroxylation is 4. The number of nitrogens with zero attached hydrogens (tertiary/aromatic N) is 3. The smallest absolute Gasteiger partial charge is 0.239 e. The zero-order valence-electron chi connectivity index (χ0n) is 15.7. The zero-order valence-corrected chi connectivity index (χ0v) is 17.3. The molecule has 1 unspecified atom stereocenters. The van der Waals surface area contributed by atoms with Crippen LogP contribution in [0.2, 0.25) is 0 Å². The normalized spacial score (nSPS) is 12.4. The summed E-state index contributed by atoms with van der Waals surface area (Å²) in [6.45, 7) is 10.1. The number of hydrogen-bond acceptors (Lipinski definition) is 3. The van der Waals surface area contributed by atoms with Gasteiger partial charge in [-0.2, -0.15) is 9.78 Å². The van der Waals surface area contributed by atoms with Crippen molar-refractivity contribution in [2.75, 3.05) is 5.32 Å². The summed E-state index contributed by atoms with van der Waals surface area (Å²) >= 11 is 3.39. The van der Waals surface area contributed by atoms with E-state index in [-0.39, 0.29) is 10.7 Å². The van der Waals surface area contributed by atoms with E-state index in [9.17, 15) is 4.79 Å². The third-order valence-electron chi connectivity index (χ3n) is 4.38. The Hall–Kier alpha value is -2.21. The molecule has 0 spiro atoms. The van der Waals surface area contributed by atoms with E-state index in [1.54, 1.807) is 4.68 Å². The van der Waals surface area contributed by atoms with Crippen LogP contribution in [0, 0.1) is 27.7 Å². The number of carbonyl (C=O) groups excluding carboxylic acids is 1. The maximum Gasteiger partial charge on any atom is 0.239 e. The first kappa shape index (κ1) is 18.6. The first-order chi connectivity index (χ1) is 12.3. The van der Waals surface area contributed by atoms with Gasteiger partial charge in [0.2, 0.25) is 5.91 Å². The Bertz CT molecular complexity index is 993. The number of rotatable bonds is 4. The lowest BCUT2D eigenvalue weighted by atomic mass is 10.0. The predicted octanol–water partition coefficient (Wildman–Crippen LogP) is 4.77. The van der Waals surface area contributed by atoms with Crippen molar-refractivity contribution >= 4 is 38.6 Å². The Morgan fingerprint density at radius 2 is 1.88 bits per heavy atom. The molecule has 0 saturated carbocycles. The molecule has 0 aliphatic heterocycles. The molecule has 1 N–H and O–H groups in total. The molecule has 0 fully saturated rings. The van der Waals surface area contributed by atoms with E-state index in [2.05, 4.69) is 59.2 Å². The number of benzene rings is 1. The quantitative estimate of drug-likeness (QED) is 0.625. The van der Waals surface area contributed by atoms with Crippen LogP contribution < -0.4 is 5.32 Å². The van der Waals surface area contributed by atoms with Crippen LogP contribution in [0.25, 0.3) is 16.7 Å². The minimum Gasteiger partial charge on any atom is -0.310 e. The van der Waals surface area contributed by atoms with Gasteiger partial charge in [0, 0.05) is 11.5 Å². The molecule has 136 valence electrons. The molecule has 2 heterocycles. The maximum absolute atomic E-state index is 12.3. The summed E-state index contributed by atoms with van der Waals surface area (Å²) in [4.78, 5) is 16.9. The van der Waals surface area contributed by atoms with Gasteiger partial charge >= 0.3 is 0 Å². The van der Waals surface area contributed by atoms with Crippen molar-refractivity contribution in [3.8, 4) is 5.82 Å². The number of alkyl halides is 1. The standard InChI is InChI=1S/C20H23BrN4O/c1-6-16(21)20(26)23-18-10-14(5)24-25(18)17-9-12(3)15-8-11(2)7-13(4)19(15)22-17/h7-10,16H,6H2,1-5H3,(H,23,26). The first-order valence-electron chi connectivity index (χ1n) is 8.70. The number of carbonyl (C=O) groups is 1. The van der Waals surface area contributed by atoms with Crippen molar-refractivity contribution < 1.29 is 4.79 Å². The fraction of sp³-hybridized carbons (Fsp3) is 0.350. The highest BCUT2D eigenvalue weighted by Gasteiger charge is 2.17. The molecule has 1 atom stereocenters. The number of anilines is 1. The largest absolute Gasteiger partial charge is 0.310 e. The third-order valence-corrected chi connectivity index (χ3v) is 5.45. The predicted molar refractivity (Wildman–Crippen MR) is 109 cm³/mol. The van der Waals surface area contributed by atoms with Crippen LogP contribution in [-0.2, 0) is 4.79 Å². The Morgan fingerprint density at radius 3 is 2.58 bits per heavy atom. The first-order valence-corrected chi connectivity index (χ1v) is 9.62. The van der Waals surface area contributed by atoms with E-state index < -0.39 is 0 Å². The van der Waals surface area contributed by atoms with Crippen molar-refractivity contribution in [3.05, 3.63) is 46.6 Å². The van der Waals surface area contributed by atoms with Gasteiger partial charge in [0.25, 0.3) is 0 Å². The van der Waals surface area contributed by atoms with E-state index in [4.69, 9.17) is 4.98 Å². The lowest BCUT2D eigenvalue weighted by Gasteiger charge is -2.13. The van der Waals surface area contributed by atoms with Gasteiger partial charge in [0.1, 0.15) is 5.82 Å². The van der Waals surface area contributed by atoms with Gasteiger partial charge in [-0.05, 0) is 57.4 Å². The van der Waals surface area contributed by atoms with Gasteiger partial charge in [0.05, 0.1) is 16.0 Å². The third kappa shape index (κ3) is 3.51. The molecule has 1 aromatic carbocycles. The van der Waals surface area contributed by atoms with Crippen LogP contribution in [-0.4, -0.2) is 25.5 Å². The Morgan fingerprint density at radius 1 is 1.15 bits per heavy atom. The van der Waals surface area contributed by atoms with Crippen LogP contribution in [0.4, 0.5) is 5.82 Å². The second-order valence-electron chi connectivity index (χ2n) is 6.72. The van der Waals surface area contributed by atoms with Gasteiger partial charge in [-0.15, -0.1) is 0 Å². The van der Waals surface area contributed by atoms with Gasteiger partial charge in [-0.25, -0.2) is 4.98 Å². The van der Waals surface area contributed by atoms with Crippen LogP contribution in [0.5, 0.6) is 0 Å². The zero-order chi connectivity index (χ0) is 19.0. The summed E-state index contributed by atoms with van der Waals surface area (Å²) < 4.78 is 1.70. The number of halogens is 1. The maximum atomic E-state index is 12.3. The molecule has 3 rings (SSSR count). The summed E-state index contributed by atoms with van der Waals surface area (Å²) in [5.41, 5.74) is 5.27. The summed E-state index contributed by atoms with van der Waals surface area (Å²) in [5.74, 6) is 1.24. The molecule has 5 nitrogen and oxygen atoms in total. The van der Waals surface area contributed by atoms with Gasteiger partial charge in [-0.3, -0.25) is 4.79 Å². The SMILES string of the molecule is CCC(Br)C(=O)Nc1cc(C)nn1-c1cc(C)c2cc(C)cc(C)c2n1. The fourth-order valence-corrected chi connectivity index (χ4v) is 3.20. The van der Waals surface area contributed by atoms with E-state index >= 15 is 0 Å². The number of aromatic nitrogens is 3. The number of amides is 1. The number of nitrogens with one attached hydrogen (secondary N) is 1. The topological polar surface area (TPSA) is 59.8 Å². The highest BCUT2D eigenvalue weighted by atomic mass is 79.9. The highest BCUT2D eigenvalue weighted by Crippen LogP contribution is 2.26. The Kier molecular flexibility index (Phi) is 5.14. The van der Waals surface area contributed by atoms with Crippen LogP contribution in [0.15, 0.2) is 24.3 Å². The molecule has 2 aromatic heterocycles. The molecular weight excluding hydrogens is 392 g/mol. The van der Waals surface area contributed by atoms with Crippen molar-refractivity contribution in [1.29, 1.82) is 0 Å². The second-order valence-corrected chi connectivity index (χ2v) is 7.83. The molecule has 0 saturated heterocycles. The molecule has 1 amide bonds. The van der Waals surface area contributed by atoms with E-state index in [0.29, 0.717) is 18.1 Å². The summed E-state index contributed by atoms with van der Waals surface area (Å²) in [6, 6.07) is 8.15. The molecule has 0 aliphatic carbocycles.